The van der Waals surface area contributed by atoms with Crippen molar-refractivity contribution in [1.29, 1.82) is 0 Å². The first-order valence-corrected chi connectivity index (χ1v) is 6.32. The largest absolute Gasteiger partial charge is 0.0955 e. The minimum Gasteiger partial charge on any atom is -0.0955 e. The fraction of sp³-hybridized carbons (Fsp3) is 0.733. The second-order valence-electron chi connectivity index (χ2n) is 5.47. The summed E-state index contributed by atoms with van der Waals surface area (Å²) in [7, 11) is 0. The van der Waals surface area contributed by atoms with Crippen LogP contribution in [0.4, 0.5) is 0 Å². The van der Waals surface area contributed by atoms with Gasteiger partial charge in [-0.2, -0.15) is 0 Å². The Morgan fingerprint density at radius 3 is 2.53 bits per heavy atom. The first kappa shape index (κ1) is 12.5. The molecule has 0 amide bonds. The van der Waals surface area contributed by atoms with Gasteiger partial charge in [-0.05, 0) is 49.0 Å². The molecule has 1 fully saturated rings. The van der Waals surface area contributed by atoms with Crippen molar-refractivity contribution in [3.05, 3.63) is 23.8 Å². The van der Waals surface area contributed by atoms with Crippen LogP contribution < -0.4 is 0 Å². The van der Waals surface area contributed by atoms with Crippen LogP contribution in [-0.4, -0.2) is 0 Å². The summed E-state index contributed by atoms with van der Waals surface area (Å²) in [6.07, 6.45) is 6.03. The van der Waals surface area contributed by atoms with E-state index < -0.39 is 0 Å². The first-order chi connectivity index (χ1) is 6.97. The van der Waals surface area contributed by atoms with E-state index in [9.17, 15) is 0 Å². The Bertz CT molecular complexity index is 270. The quantitative estimate of drug-likeness (QED) is 0.598. The molecule has 1 aliphatic rings. The molecule has 0 spiro atoms. The Morgan fingerprint density at radius 1 is 1.53 bits per heavy atom. The number of hydrogen-bond donors (Lipinski definition) is 0. The Hall–Kier alpha value is -0.520. The van der Waals surface area contributed by atoms with Gasteiger partial charge in [0.25, 0.3) is 0 Å². The maximum Gasteiger partial charge on any atom is -0.00479 e. The lowest BCUT2D eigenvalue weighted by molar-refractivity contribution is 0.144. The lowest BCUT2D eigenvalue weighted by Crippen LogP contribution is -2.36. The average Bonchev–Trinajstić information content (AvgIpc) is 2.17. The fourth-order valence-electron chi connectivity index (χ4n) is 3.44. The van der Waals surface area contributed by atoms with Gasteiger partial charge in [-0.25, -0.2) is 0 Å². The molecule has 86 valence electrons. The highest BCUT2D eigenvalue weighted by Gasteiger charge is 2.41. The second kappa shape index (κ2) is 4.55. The van der Waals surface area contributed by atoms with E-state index >= 15 is 0 Å². The van der Waals surface area contributed by atoms with E-state index in [0.29, 0.717) is 5.41 Å². The minimum absolute atomic E-state index is 0.359. The lowest BCUT2D eigenvalue weighted by atomic mass is 9.58. The second-order valence-corrected chi connectivity index (χ2v) is 5.47. The SMILES string of the molecule is C=C1CC[C@H](C(C)C)[C@@](C)(CC)C1=CC. The van der Waals surface area contributed by atoms with E-state index in [4.69, 9.17) is 0 Å². The zero-order chi connectivity index (χ0) is 11.6. The van der Waals surface area contributed by atoms with Gasteiger partial charge in [0.2, 0.25) is 0 Å². The van der Waals surface area contributed by atoms with Crippen molar-refractivity contribution in [2.24, 2.45) is 17.3 Å². The molecule has 1 saturated carbocycles. The predicted molar refractivity (Wildman–Crippen MR) is 68.9 cm³/mol. The monoisotopic (exact) mass is 206 g/mol. The van der Waals surface area contributed by atoms with Crippen LogP contribution in [0, 0.1) is 17.3 Å². The Kier molecular flexibility index (Phi) is 3.81. The molecule has 0 unspecified atom stereocenters. The third kappa shape index (κ3) is 2.04. The molecule has 15 heavy (non-hydrogen) atoms. The molecule has 0 aromatic heterocycles. The molecular weight excluding hydrogens is 180 g/mol. The summed E-state index contributed by atoms with van der Waals surface area (Å²) in [5.41, 5.74) is 3.26. The standard InChI is InChI=1S/C15H26/c1-7-13-12(5)9-10-14(11(3)4)15(13,6)8-2/h7,11,14H,5,8-10H2,1-4,6H3/t14-,15+/m1/s1. The number of hydrogen-bond acceptors (Lipinski definition) is 0. The van der Waals surface area contributed by atoms with Gasteiger partial charge in [-0.3, -0.25) is 0 Å². The smallest absolute Gasteiger partial charge is 0.00479 e. The molecule has 0 radical (unpaired) electrons. The summed E-state index contributed by atoms with van der Waals surface area (Å²) in [4.78, 5) is 0. The van der Waals surface area contributed by atoms with Crippen LogP contribution in [0.5, 0.6) is 0 Å². The normalized spacial score (nSPS) is 35.2. The third-order valence-corrected chi connectivity index (χ3v) is 4.40. The van der Waals surface area contributed by atoms with E-state index in [1.165, 1.54) is 30.4 Å². The molecule has 2 atom stereocenters. The number of rotatable bonds is 2. The number of allylic oxidation sites excluding steroid dienone is 3. The molecule has 0 aliphatic heterocycles. The van der Waals surface area contributed by atoms with Gasteiger partial charge in [0.15, 0.2) is 0 Å². The van der Waals surface area contributed by atoms with Gasteiger partial charge in [0.05, 0.1) is 0 Å². The molecule has 0 nitrogen and oxygen atoms in total. The average molecular weight is 206 g/mol. The Morgan fingerprint density at radius 2 is 2.13 bits per heavy atom. The Balaban J connectivity index is 3.11. The Labute approximate surface area is 95.5 Å². The molecule has 1 rings (SSSR count). The van der Waals surface area contributed by atoms with Crippen molar-refractivity contribution >= 4 is 0 Å². The van der Waals surface area contributed by atoms with Crippen LogP contribution in [0.3, 0.4) is 0 Å². The van der Waals surface area contributed by atoms with E-state index in [1.807, 2.05) is 0 Å². The molecule has 1 aliphatic carbocycles. The van der Waals surface area contributed by atoms with Crippen molar-refractivity contribution < 1.29 is 0 Å². The van der Waals surface area contributed by atoms with Gasteiger partial charge < -0.3 is 0 Å². The van der Waals surface area contributed by atoms with E-state index in [2.05, 4.69) is 47.3 Å². The van der Waals surface area contributed by atoms with Crippen molar-refractivity contribution in [1.82, 2.24) is 0 Å². The van der Waals surface area contributed by atoms with Crippen LogP contribution in [0.2, 0.25) is 0 Å². The van der Waals surface area contributed by atoms with Crippen LogP contribution >= 0.6 is 0 Å². The molecule has 0 saturated heterocycles. The van der Waals surface area contributed by atoms with Crippen molar-refractivity contribution in [3.63, 3.8) is 0 Å². The van der Waals surface area contributed by atoms with Gasteiger partial charge in [-0.1, -0.05) is 45.9 Å². The molecule has 0 aromatic carbocycles. The molecule has 0 heterocycles. The molecule has 0 N–H and O–H groups in total. The van der Waals surface area contributed by atoms with Crippen LogP contribution in [0.15, 0.2) is 23.8 Å². The summed E-state index contributed by atoms with van der Waals surface area (Å²) in [5.74, 6) is 1.59. The van der Waals surface area contributed by atoms with E-state index in [1.54, 1.807) is 0 Å². The highest BCUT2D eigenvalue weighted by Crippen LogP contribution is 2.51. The molecular formula is C15H26. The summed E-state index contributed by atoms with van der Waals surface area (Å²) < 4.78 is 0. The van der Waals surface area contributed by atoms with Gasteiger partial charge in [0.1, 0.15) is 0 Å². The first-order valence-electron chi connectivity index (χ1n) is 6.32. The van der Waals surface area contributed by atoms with Crippen molar-refractivity contribution in [3.8, 4) is 0 Å². The zero-order valence-electron chi connectivity index (χ0n) is 11.1. The van der Waals surface area contributed by atoms with Gasteiger partial charge in [-0.15, -0.1) is 0 Å². The highest BCUT2D eigenvalue weighted by molar-refractivity contribution is 5.37. The van der Waals surface area contributed by atoms with Crippen LogP contribution in [-0.2, 0) is 0 Å². The highest BCUT2D eigenvalue weighted by atomic mass is 14.4. The van der Waals surface area contributed by atoms with Crippen molar-refractivity contribution in [2.75, 3.05) is 0 Å². The maximum absolute atomic E-state index is 4.24. The zero-order valence-corrected chi connectivity index (χ0v) is 11.1. The molecule has 0 aromatic rings. The van der Waals surface area contributed by atoms with Crippen molar-refractivity contribution in [2.45, 2.75) is 53.9 Å². The van der Waals surface area contributed by atoms with Crippen LogP contribution in [0.25, 0.3) is 0 Å². The topological polar surface area (TPSA) is 0 Å². The molecule has 0 bridgehead atoms. The van der Waals surface area contributed by atoms with Gasteiger partial charge >= 0.3 is 0 Å². The van der Waals surface area contributed by atoms with Crippen LogP contribution in [0.1, 0.15) is 53.9 Å². The van der Waals surface area contributed by atoms with E-state index in [0.717, 1.165) is 11.8 Å². The summed E-state index contributed by atoms with van der Waals surface area (Å²) in [6, 6.07) is 0. The predicted octanol–water partition coefficient (Wildman–Crippen LogP) is 4.97. The molecule has 0 heteroatoms. The summed E-state index contributed by atoms with van der Waals surface area (Å²) in [6.45, 7) is 15.9. The van der Waals surface area contributed by atoms with Gasteiger partial charge in [0, 0.05) is 0 Å². The fourth-order valence-corrected chi connectivity index (χ4v) is 3.44. The summed E-state index contributed by atoms with van der Waals surface area (Å²) in [5, 5.41) is 0. The lowest BCUT2D eigenvalue weighted by Gasteiger charge is -2.46. The minimum atomic E-state index is 0.359. The maximum atomic E-state index is 4.24. The van der Waals surface area contributed by atoms with E-state index in [-0.39, 0.29) is 0 Å². The summed E-state index contributed by atoms with van der Waals surface area (Å²) >= 11 is 0. The third-order valence-electron chi connectivity index (χ3n) is 4.40.